The largest absolute Gasteiger partial charge is 0.392 e. The highest BCUT2D eigenvalue weighted by Gasteiger charge is 1.99. The Bertz CT molecular complexity index is 349. The molecule has 5 heteroatoms. The van der Waals surface area contributed by atoms with E-state index in [2.05, 4.69) is 10.6 Å². The average Bonchev–Trinajstić information content (AvgIpc) is 2.29. The molecule has 0 fully saturated rings. The van der Waals surface area contributed by atoms with Gasteiger partial charge in [0.15, 0.2) is 0 Å². The second kappa shape index (κ2) is 6.88. The monoisotopic (exact) mass is 237 g/mol. The van der Waals surface area contributed by atoms with Crippen LogP contribution in [-0.2, 0) is 0 Å². The van der Waals surface area contributed by atoms with E-state index in [0.717, 1.165) is 18.8 Å². The van der Waals surface area contributed by atoms with E-state index in [-0.39, 0.29) is 6.10 Å². The Labute approximate surface area is 101 Å². The normalized spacial score (nSPS) is 12.1. The molecule has 5 nitrogen and oxygen atoms in total. The van der Waals surface area contributed by atoms with E-state index < -0.39 is 5.91 Å². The van der Waals surface area contributed by atoms with E-state index in [0.29, 0.717) is 12.1 Å². The summed E-state index contributed by atoms with van der Waals surface area (Å²) < 4.78 is 0. The zero-order valence-electron chi connectivity index (χ0n) is 9.94. The minimum Gasteiger partial charge on any atom is -0.392 e. The molecule has 1 atom stereocenters. The summed E-state index contributed by atoms with van der Waals surface area (Å²) in [6.45, 7) is 3.84. The van der Waals surface area contributed by atoms with Crippen LogP contribution in [0.15, 0.2) is 24.3 Å². The molecule has 0 heterocycles. The van der Waals surface area contributed by atoms with E-state index in [1.807, 2.05) is 12.1 Å². The number of nitrogens with one attached hydrogen (secondary N) is 2. The molecule has 0 saturated heterocycles. The zero-order valence-corrected chi connectivity index (χ0v) is 9.94. The first kappa shape index (κ1) is 13.5. The van der Waals surface area contributed by atoms with Crippen LogP contribution in [0.25, 0.3) is 0 Å². The van der Waals surface area contributed by atoms with Gasteiger partial charge in [0.25, 0.3) is 0 Å². The third kappa shape index (κ3) is 5.33. The van der Waals surface area contributed by atoms with Crippen LogP contribution in [0.3, 0.4) is 0 Å². The first-order valence-electron chi connectivity index (χ1n) is 5.62. The van der Waals surface area contributed by atoms with Crippen LogP contribution >= 0.6 is 0 Å². The van der Waals surface area contributed by atoms with E-state index in [4.69, 9.17) is 10.8 Å². The maximum Gasteiger partial charge on any atom is 0.248 e. The van der Waals surface area contributed by atoms with Gasteiger partial charge in [0, 0.05) is 30.9 Å². The number of carbonyl (C=O) groups excluding carboxylic acids is 1. The summed E-state index contributed by atoms with van der Waals surface area (Å²) in [5, 5.41) is 15.3. The maximum atomic E-state index is 10.8. The number of hydrogen-bond donors (Lipinski definition) is 4. The van der Waals surface area contributed by atoms with Crippen molar-refractivity contribution in [2.24, 2.45) is 5.73 Å². The number of hydrogen-bond acceptors (Lipinski definition) is 4. The summed E-state index contributed by atoms with van der Waals surface area (Å²) in [7, 11) is 0. The van der Waals surface area contributed by atoms with Crippen LogP contribution in [0.5, 0.6) is 0 Å². The van der Waals surface area contributed by atoms with Gasteiger partial charge >= 0.3 is 0 Å². The standard InChI is InChI=1S/C12H19N3O2/c1-9(16)8-14-6-7-15-11-4-2-10(3-5-11)12(13)17/h2-5,9,14-16H,6-8H2,1H3,(H2,13,17). The van der Waals surface area contributed by atoms with Crippen molar-refractivity contribution in [3.05, 3.63) is 29.8 Å². The molecule has 0 aliphatic heterocycles. The summed E-state index contributed by atoms with van der Waals surface area (Å²) in [5.41, 5.74) is 6.58. The Morgan fingerprint density at radius 1 is 1.35 bits per heavy atom. The van der Waals surface area contributed by atoms with Crippen molar-refractivity contribution in [1.82, 2.24) is 5.32 Å². The molecule has 17 heavy (non-hydrogen) atoms. The van der Waals surface area contributed by atoms with Crippen molar-refractivity contribution in [3.8, 4) is 0 Å². The predicted molar refractivity (Wildman–Crippen MR) is 68.0 cm³/mol. The highest BCUT2D eigenvalue weighted by Crippen LogP contribution is 2.08. The molecular formula is C12H19N3O2. The highest BCUT2D eigenvalue weighted by atomic mass is 16.3. The molecule has 1 rings (SSSR count). The van der Waals surface area contributed by atoms with Crippen LogP contribution in [0.2, 0.25) is 0 Å². The molecule has 0 saturated carbocycles. The molecule has 5 N–H and O–H groups in total. The van der Waals surface area contributed by atoms with Gasteiger partial charge in [-0.2, -0.15) is 0 Å². The number of carbonyl (C=O) groups is 1. The fourth-order valence-electron chi connectivity index (χ4n) is 1.36. The highest BCUT2D eigenvalue weighted by molar-refractivity contribution is 5.93. The number of amides is 1. The van der Waals surface area contributed by atoms with Gasteiger partial charge in [0.05, 0.1) is 6.10 Å². The summed E-state index contributed by atoms with van der Waals surface area (Å²) in [4.78, 5) is 10.8. The van der Waals surface area contributed by atoms with Crippen LogP contribution in [-0.4, -0.2) is 36.8 Å². The lowest BCUT2D eigenvalue weighted by Gasteiger charge is -2.09. The second-order valence-corrected chi connectivity index (χ2v) is 3.92. The number of primary amides is 1. The molecule has 0 bridgehead atoms. The first-order chi connectivity index (χ1) is 8.09. The molecule has 94 valence electrons. The molecule has 1 aromatic rings. The van der Waals surface area contributed by atoms with Gasteiger partial charge in [-0.15, -0.1) is 0 Å². The molecule has 1 aromatic carbocycles. The van der Waals surface area contributed by atoms with E-state index in [1.165, 1.54) is 0 Å². The quantitative estimate of drug-likeness (QED) is 0.509. The summed E-state index contributed by atoms with van der Waals surface area (Å²) in [5.74, 6) is -0.421. The van der Waals surface area contributed by atoms with E-state index >= 15 is 0 Å². The third-order valence-electron chi connectivity index (χ3n) is 2.24. The van der Waals surface area contributed by atoms with Crippen LogP contribution in [0.4, 0.5) is 5.69 Å². The fourth-order valence-corrected chi connectivity index (χ4v) is 1.36. The van der Waals surface area contributed by atoms with Crippen LogP contribution < -0.4 is 16.4 Å². The summed E-state index contributed by atoms with van der Waals surface area (Å²) >= 11 is 0. The molecular weight excluding hydrogens is 218 g/mol. The van der Waals surface area contributed by atoms with Gasteiger partial charge in [-0.05, 0) is 31.2 Å². The fraction of sp³-hybridized carbons (Fsp3) is 0.417. The maximum absolute atomic E-state index is 10.8. The first-order valence-corrected chi connectivity index (χ1v) is 5.62. The molecule has 0 radical (unpaired) electrons. The Morgan fingerprint density at radius 2 is 2.00 bits per heavy atom. The summed E-state index contributed by atoms with van der Waals surface area (Å²) in [6.07, 6.45) is -0.329. The topological polar surface area (TPSA) is 87.4 Å². The number of rotatable bonds is 7. The number of aliphatic hydroxyl groups is 1. The Balaban J connectivity index is 2.25. The van der Waals surface area contributed by atoms with Gasteiger partial charge in [0.1, 0.15) is 0 Å². The van der Waals surface area contributed by atoms with Crippen molar-refractivity contribution in [2.75, 3.05) is 25.0 Å². The SMILES string of the molecule is CC(O)CNCCNc1ccc(C(N)=O)cc1. The molecule has 0 aliphatic rings. The minimum absolute atomic E-state index is 0.329. The number of nitrogens with two attached hydrogens (primary N) is 1. The van der Waals surface area contributed by atoms with Crippen LogP contribution in [0.1, 0.15) is 17.3 Å². The van der Waals surface area contributed by atoms with Gasteiger partial charge in [-0.25, -0.2) is 0 Å². The summed E-state index contributed by atoms with van der Waals surface area (Å²) in [6, 6.07) is 7.01. The van der Waals surface area contributed by atoms with Gasteiger partial charge in [-0.1, -0.05) is 0 Å². The van der Waals surface area contributed by atoms with E-state index in [9.17, 15) is 4.79 Å². The van der Waals surface area contributed by atoms with Crippen molar-refractivity contribution in [3.63, 3.8) is 0 Å². The van der Waals surface area contributed by atoms with Gasteiger partial charge in [0.2, 0.25) is 5.91 Å². The van der Waals surface area contributed by atoms with Crippen molar-refractivity contribution in [2.45, 2.75) is 13.0 Å². The number of benzene rings is 1. The van der Waals surface area contributed by atoms with Gasteiger partial charge in [-0.3, -0.25) is 4.79 Å². The second-order valence-electron chi connectivity index (χ2n) is 3.92. The smallest absolute Gasteiger partial charge is 0.248 e. The predicted octanol–water partition coefficient (Wildman–Crippen LogP) is 0.168. The molecule has 0 aromatic heterocycles. The molecule has 0 spiro atoms. The van der Waals surface area contributed by atoms with Gasteiger partial charge < -0.3 is 21.5 Å². The third-order valence-corrected chi connectivity index (χ3v) is 2.24. The lowest BCUT2D eigenvalue weighted by molar-refractivity contribution is 0.100. The Morgan fingerprint density at radius 3 is 2.53 bits per heavy atom. The molecule has 1 unspecified atom stereocenters. The molecule has 1 amide bonds. The van der Waals surface area contributed by atoms with Crippen molar-refractivity contribution >= 4 is 11.6 Å². The van der Waals surface area contributed by atoms with Crippen LogP contribution in [0, 0.1) is 0 Å². The number of aliphatic hydroxyl groups excluding tert-OH is 1. The average molecular weight is 237 g/mol. The van der Waals surface area contributed by atoms with Crippen molar-refractivity contribution < 1.29 is 9.90 Å². The molecule has 0 aliphatic carbocycles. The minimum atomic E-state index is -0.421. The lowest BCUT2D eigenvalue weighted by Crippen LogP contribution is -2.28. The van der Waals surface area contributed by atoms with E-state index in [1.54, 1.807) is 19.1 Å². The van der Waals surface area contributed by atoms with Crippen molar-refractivity contribution in [1.29, 1.82) is 0 Å². The number of anilines is 1. The lowest BCUT2D eigenvalue weighted by atomic mass is 10.2. The Hall–Kier alpha value is -1.59. The Kier molecular flexibility index (Phi) is 5.45. The zero-order chi connectivity index (χ0) is 12.7.